The van der Waals surface area contributed by atoms with Crippen molar-refractivity contribution in [1.29, 1.82) is 0 Å². The van der Waals surface area contributed by atoms with Crippen LogP contribution in [0.25, 0.3) is 0 Å². The van der Waals surface area contributed by atoms with Crippen molar-refractivity contribution in [1.82, 2.24) is 0 Å². The van der Waals surface area contributed by atoms with Crippen LogP contribution in [0.4, 0.5) is 0 Å². The van der Waals surface area contributed by atoms with E-state index in [-0.39, 0.29) is 0 Å². The molecule has 1 saturated carbocycles. The third-order valence-corrected chi connectivity index (χ3v) is 2.02. The summed E-state index contributed by atoms with van der Waals surface area (Å²) in [4.78, 5) is 0. The van der Waals surface area contributed by atoms with Gasteiger partial charge in [-0.15, -0.1) is 0 Å². The summed E-state index contributed by atoms with van der Waals surface area (Å²) in [6.45, 7) is 6.76. The highest BCUT2D eigenvalue weighted by Crippen LogP contribution is 2.29. The highest BCUT2D eigenvalue weighted by molar-refractivity contribution is 4.98. The van der Waals surface area contributed by atoms with E-state index in [4.69, 9.17) is 0 Å². The van der Waals surface area contributed by atoms with E-state index in [1.165, 1.54) is 19.3 Å². The Morgan fingerprint density at radius 2 is 1.80 bits per heavy atom. The van der Waals surface area contributed by atoms with Crippen LogP contribution in [-0.4, -0.2) is 0 Å². The highest BCUT2D eigenvalue weighted by Gasteiger charge is 2.14. The normalized spacial score (nSPS) is 21.5. The Morgan fingerprint density at radius 1 is 1.20 bits per heavy atom. The van der Waals surface area contributed by atoms with E-state index in [0.717, 1.165) is 5.92 Å². The molecule has 0 saturated heterocycles. The first kappa shape index (κ1) is 7.84. The van der Waals surface area contributed by atoms with Gasteiger partial charge in [-0.1, -0.05) is 39.3 Å². The summed E-state index contributed by atoms with van der Waals surface area (Å²) in [6, 6.07) is 0. The molecule has 1 aliphatic rings. The minimum absolute atomic E-state index is 0.385. The smallest absolute Gasteiger partial charge is 0.0203 e. The Hall–Kier alpha value is -0.260. The van der Waals surface area contributed by atoms with Gasteiger partial charge >= 0.3 is 0 Å². The predicted molar refractivity (Wildman–Crippen MR) is 45.9 cm³/mol. The summed E-state index contributed by atoms with van der Waals surface area (Å²) in [5.74, 6) is 0.916. The topological polar surface area (TPSA) is 0 Å². The molecule has 0 aromatic heterocycles. The Bertz CT molecular complexity index is 121. The maximum absolute atomic E-state index is 2.39. The van der Waals surface area contributed by atoms with Gasteiger partial charge in [-0.3, -0.25) is 0 Å². The van der Waals surface area contributed by atoms with Gasteiger partial charge in [0.05, 0.1) is 0 Å². The van der Waals surface area contributed by atoms with Crippen molar-refractivity contribution in [3.63, 3.8) is 0 Å². The zero-order valence-electron chi connectivity index (χ0n) is 7.35. The molecule has 0 aromatic carbocycles. The van der Waals surface area contributed by atoms with Gasteiger partial charge in [-0.05, 0) is 24.2 Å². The lowest BCUT2D eigenvalue weighted by Crippen LogP contribution is -2.09. The van der Waals surface area contributed by atoms with Crippen molar-refractivity contribution in [3.8, 4) is 0 Å². The molecule has 0 radical (unpaired) electrons. The van der Waals surface area contributed by atoms with Crippen molar-refractivity contribution in [2.24, 2.45) is 11.3 Å². The molecule has 58 valence electrons. The monoisotopic (exact) mass is 138 g/mol. The van der Waals surface area contributed by atoms with Gasteiger partial charge in [0.25, 0.3) is 0 Å². The van der Waals surface area contributed by atoms with Gasteiger partial charge in [0.1, 0.15) is 0 Å². The van der Waals surface area contributed by atoms with Gasteiger partial charge in [-0.25, -0.2) is 0 Å². The summed E-state index contributed by atoms with van der Waals surface area (Å²) in [5, 5.41) is 0. The van der Waals surface area contributed by atoms with Gasteiger partial charge in [0.2, 0.25) is 0 Å². The largest absolute Gasteiger partial charge is 0.0849 e. The molecule has 0 nitrogen and oxygen atoms in total. The Morgan fingerprint density at radius 3 is 2.10 bits per heavy atom. The fourth-order valence-corrected chi connectivity index (χ4v) is 1.06. The zero-order valence-corrected chi connectivity index (χ0v) is 7.35. The SMILES string of the molecule is CC(C)(C)/C=C/C1CCC1. The molecule has 0 heterocycles. The second-order valence-electron chi connectivity index (χ2n) is 4.42. The standard InChI is InChI=1S/C10H18/c1-10(2,3)8-7-9-5-4-6-9/h7-9H,4-6H2,1-3H3/b8-7+. The third kappa shape index (κ3) is 2.55. The van der Waals surface area contributed by atoms with Crippen LogP contribution in [0.15, 0.2) is 12.2 Å². The third-order valence-electron chi connectivity index (χ3n) is 2.02. The fraction of sp³-hybridized carbons (Fsp3) is 0.800. The van der Waals surface area contributed by atoms with E-state index in [2.05, 4.69) is 32.9 Å². The Labute approximate surface area is 64.3 Å². The lowest BCUT2D eigenvalue weighted by atomic mass is 9.83. The molecular formula is C10H18. The molecule has 0 heteroatoms. The summed E-state index contributed by atoms with van der Waals surface area (Å²) >= 11 is 0. The number of hydrogen-bond acceptors (Lipinski definition) is 0. The lowest BCUT2D eigenvalue weighted by molar-refractivity contribution is 0.382. The molecule has 10 heavy (non-hydrogen) atoms. The van der Waals surface area contributed by atoms with Crippen LogP contribution in [0.5, 0.6) is 0 Å². The molecule has 0 amide bonds. The van der Waals surface area contributed by atoms with Gasteiger partial charge in [-0.2, -0.15) is 0 Å². The number of rotatable bonds is 1. The first-order chi connectivity index (χ1) is 4.58. The molecule has 0 aliphatic heterocycles. The molecule has 1 aliphatic carbocycles. The van der Waals surface area contributed by atoms with E-state index >= 15 is 0 Å². The molecule has 0 spiro atoms. The van der Waals surface area contributed by atoms with Crippen molar-refractivity contribution >= 4 is 0 Å². The average molecular weight is 138 g/mol. The number of hydrogen-bond donors (Lipinski definition) is 0. The quantitative estimate of drug-likeness (QED) is 0.487. The first-order valence-corrected chi connectivity index (χ1v) is 4.27. The molecule has 0 unspecified atom stereocenters. The number of allylic oxidation sites excluding steroid dienone is 2. The second-order valence-corrected chi connectivity index (χ2v) is 4.42. The van der Waals surface area contributed by atoms with Gasteiger partial charge in [0, 0.05) is 0 Å². The van der Waals surface area contributed by atoms with Crippen LogP contribution < -0.4 is 0 Å². The van der Waals surface area contributed by atoms with Crippen molar-refractivity contribution in [3.05, 3.63) is 12.2 Å². The minimum Gasteiger partial charge on any atom is -0.0849 e. The van der Waals surface area contributed by atoms with E-state index < -0.39 is 0 Å². The van der Waals surface area contributed by atoms with Crippen molar-refractivity contribution in [2.75, 3.05) is 0 Å². The van der Waals surface area contributed by atoms with E-state index in [0.29, 0.717) is 5.41 Å². The summed E-state index contributed by atoms with van der Waals surface area (Å²) in [5.41, 5.74) is 0.385. The maximum Gasteiger partial charge on any atom is -0.0203 e. The lowest BCUT2D eigenvalue weighted by Gasteiger charge is -2.23. The molecule has 1 rings (SSSR count). The van der Waals surface area contributed by atoms with Crippen LogP contribution in [0, 0.1) is 11.3 Å². The Kier molecular flexibility index (Phi) is 2.18. The average Bonchev–Trinajstić information content (AvgIpc) is 1.56. The van der Waals surface area contributed by atoms with Crippen LogP contribution in [-0.2, 0) is 0 Å². The molecule has 0 N–H and O–H groups in total. The summed E-state index contributed by atoms with van der Waals surface area (Å²) in [7, 11) is 0. The minimum atomic E-state index is 0.385. The predicted octanol–water partition coefficient (Wildman–Crippen LogP) is 3.39. The van der Waals surface area contributed by atoms with E-state index in [9.17, 15) is 0 Å². The van der Waals surface area contributed by atoms with Crippen molar-refractivity contribution < 1.29 is 0 Å². The molecule has 0 aromatic rings. The molecular weight excluding hydrogens is 120 g/mol. The maximum atomic E-state index is 2.39. The van der Waals surface area contributed by atoms with Crippen LogP contribution in [0.2, 0.25) is 0 Å². The first-order valence-electron chi connectivity index (χ1n) is 4.27. The van der Waals surface area contributed by atoms with E-state index in [1.54, 1.807) is 0 Å². The second kappa shape index (κ2) is 2.77. The van der Waals surface area contributed by atoms with E-state index in [1.807, 2.05) is 0 Å². The van der Waals surface area contributed by atoms with Gasteiger partial charge in [0.15, 0.2) is 0 Å². The summed E-state index contributed by atoms with van der Waals surface area (Å²) in [6.07, 6.45) is 9.03. The van der Waals surface area contributed by atoms with Gasteiger partial charge < -0.3 is 0 Å². The van der Waals surface area contributed by atoms with Crippen molar-refractivity contribution in [2.45, 2.75) is 40.0 Å². The highest BCUT2D eigenvalue weighted by atomic mass is 14.2. The summed E-state index contributed by atoms with van der Waals surface area (Å²) < 4.78 is 0. The van der Waals surface area contributed by atoms with Crippen LogP contribution in [0.3, 0.4) is 0 Å². The van der Waals surface area contributed by atoms with Crippen LogP contribution >= 0.6 is 0 Å². The zero-order chi connectivity index (χ0) is 7.61. The molecule has 0 atom stereocenters. The Balaban J connectivity index is 2.28. The molecule has 1 fully saturated rings. The van der Waals surface area contributed by atoms with Crippen LogP contribution in [0.1, 0.15) is 40.0 Å². The fourth-order valence-electron chi connectivity index (χ4n) is 1.06. The molecule has 0 bridgehead atoms.